The summed E-state index contributed by atoms with van der Waals surface area (Å²) in [6.07, 6.45) is -2.22. The van der Waals surface area contributed by atoms with Crippen LogP contribution in [0.3, 0.4) is 0 Å². The molecular formula is C26H34F3N7O2. The number of alkyl halides is 3. The summed E-state index contributed by atoms with van der Waals surface area (Å²) in [5, 5.41) is 5.73. The topological polar surface area (TPSA) is 109 Å². The highest BCUT2D eigenvalue weighted by atomic mass is 19.4. The van der Waals surface area contributed by atoms with Crippen LogP contribution >= 0.6 is 0 Å². The van der Waals surface area contributed by atoms with E-state index < -0.39 is 17.4 Å². The zero-order chi connectivity index (χ0) is 27.0. The van der Waals surface area contributed by atoms with Gasteiger partial charge in [-0.1, -0.05) is 13.0 Å². The maximum Gasteiger partial charge on any atom is 0.416 e. The van der Waals surface area contributed by atoms with Crippen molar-refractivity contribution in [2.24, 2.45) is 23.5 Å². The maximum absolute atomic E-state index is 14.1. The summed E-state index contributed by atoms with van der Waals surface area (Å²) in [6.45, 7) is 6.87. The van der Waals surface area contributed by atoms with Crippen molar-refractivity contribution < 1.29 is 18.0 Å². The van der Waals surface area contributed by atoms with Crippen LogP contribution in [0.25, 0.3) is 5.69 Å². The Bertz CT molecular complexity index is 1220. The van der Waals surface area contributed by atoms with E-state index >= 15 is 0 Å². The molecule has 0 bridgehead atoms. The third kappa shape index (κ3) is 5.43. The van der Waals surface area contributed by atoms with Crippen molar-refractivity contribution in [3.63, 3.8) is 0 Å². The normalized spacial score (nSPS) is 24.2. The van der Waals surface area contributed by atoms with Gasteiger partial charge in [0.2, 0.25) is 0 Å². The smallest absolute Gasteiger partial charge is 0.330 e. The van der Waals surface area contributed by atoms with E-state index in [0.29, 0.717) is 50.5 Å². The highest BCUT2D eigenvalue weighted by Gasteiger charge is 2.55. The largest absolute Gasteiger partial charge is 0.416 e. The predicted octanol–water partition coefficient (Wildman–Crippen LogP) is 2.15. The van der Waals surface area contributed by atoms with Gasteiger partial charge in [-0.15, -0.1) is 0 Å². The molecule has 206 valence electrons. The van der Waals surface area contributed by atoms with Crippen LogP contribution < -0.4 is 22.1 Å². The molecule has 3 unspecified atom stereocenters. The van der Waals surface area contributed by atoms with E-state index in [9.17, 15) is 22.8 Å². The van der Waals surface area contributed by atoms with Crippen LogP contribution in [-0.4, -0.2) is 77.2 Å². The standard InChI is InChI=1S/C26H34F3N7O2/c1-2-17(35-14-20-19(13-30)21(20)15-35)11-16-3-4-18(12-22(16)26(27,28)29)36-8-5-23(33-25(36)38)32-24(37)34-9-6-31-7-10-34/h3-5,8,12,17,19-21,31H,2,6-7,9-11,13-15,30H2,1H3,(H,32,33,37,38). The predicted molar refractivity (Wildman–Crippen MR) is 137 cm³/mol. The SMILES string of the molecule is CCC(Cc1ccc(-n2ccc(NC(=O)N3CCNCC3)nc2=O)cc1C(F)(F)F)N1CC2C(CN)C2C1. The molecule has 0 spiro atoms. The van der Waals surface area contributed by atoms with Crippen molar-refractivity contribution in [1.29, 1.82) is 0 Å². The fraction of sp³-hybridized carbons (Fsp3) is 0.577. The molecule has 3 aliphatic rings. The van der Waals surface area contributed by atoms with Crippen LogP contribution in [-0.2, 0) is 12.6 Å². The van der Waals surface area contributed by atoms with Crippen molar-refractivity contribution in [2.45, 2.75) is 32.0 Å². The quantitative estimate of drug-likeness (QED) is 0.504. The first-order chi connectivity index (χ1) is 18.2. The lowest BCUT2D eigenvalue weighted by Gasteiger charge is -2.30. The van der Waals surface area contributed by atoms with Gasteiger partial charge in [0.05, 0.1) is 11.3 Å². The van der Waals surface area contributed by atoms with Gasteiger partial charge in [-0.25, -0.2) is 9.59 Å². The molecule has 12 heteroatoms. The Balaban J connectivity index is 1.33. The molecule has 9 nitrogen and oxygen atoms in total. The molecule has 2 aromatic rings. The van der Waals surface area contributed by atoms with Gasteiger partial charge in [-0.2, -0.15) is 18.2 Å². The van der Waals surface area contributed by atoms with E-state index in [4.69, 9.17) is 5.73 Å². The second-order valence-electron chi connectivity index (χ2n) is 10.4. The highest BCUT2D eigenvalue weighted by Crippen LogP contribution is 2.51. The van der Waals surface area contributed by atoms with Crippen LogP contribution in [0, 0.1) is 17.8 Å². The van der Waals surface area contributed by atoms with E-state index in [1.54, 1.807) is 4.90 Å². The number of carbonyl (C=O) groups is 1. The summed E-state index contributed by atoms with van der Waals surface area (Å²) < 4.78 is 43.5. The summed E-state index contributed by atoms with van der Waals surface area (Å²) in [7, 11) is 0. The Morgan fingerprint density at radius 3 is 2.53 bits per heavy atom. The summed E-state index contributed by atoms with van der Waals surface area (Å²) in [5.74, 6) is 1.75. The van der Waals surface area contributed by atoms with Gasteiger partial charge >= 0.3 is 17.9 Å². The zero-order valence-electron chi connectivity index (χ0n) is 21.4. The number of rotatable bonds is 7. The lowest BCUT2D eigenvalue weighted by molar-refractivity contribution is -0.138. The lowest BCUT2D eigenvalue weighted by atomic mass is 9.96. The number of anilines is 1. The zero-order valence-corrected chi connectivity index (χ0v) is 21.4. The number of piperazine rings is 1. The van der Waals surface area contributed by atoms with Crippen molar-refractivity contribution >= 4 is 11.8 Å². The van der Waals surface area contributed by atoms with E-state index in [1.807, 2.05) is 6.92 Å². The third-order valence-corrected chi connectivity index (χ3v) is 8.23. The number of fused-ring (bicyclic) bond motifs is 1. The number of hydrogen-bond donors (Lipinski definition) is 3. The number of nitrogens with zero attached hydrogens (tertiary/aromatic N) is 4. The minimum Gasteiger partial charge on any atom is -0.330 e. The molecule has 3 fully saturated rings. The molecule has 1 saturated carbocycles. The lowest BCUT2D eigenvalue weighted by Crippen LogP contribution is -2.48. The summed E-state index contributed by atoms with van der Waals surface area (Å²) in [5.41, 5.74) is 4.56. The summed E-state index contributed by atoms with van der Waals surface area (Å²) in [6, 6.07) is 5.03. The first-order valence-corrected chi connectivity index (χ1v) is 13.2. The number of piperidine rings is 1. The van der Waals surface area contributed by atoms with E-state index in [-0.39, 0.29) is 35.6 Å². The van der Waals surface area contributed by atoms with Crippen molar-refractivity contribution in [2.75, 3.05) is 51.1 Å². The number of halogens is 3. The van der Waals surface area contributed by atoms with Crippen molar-refractivity contribution in [1.82, 2.24) is 24.7 Å². The Morgan fingerprint density at radius 2 is 1.92 bits per heavy atom. The molecule has 3 heterocycles. The average molecular weight is 534 g/mol. The van der Waals surface area contributed by atoms with Gasteiger partial charge in [0.25, 0.3) is 0 Å². The third-order valence-electron chi connectivity index (χ3n) is 8.23. The second kappa shape index (κ2) is 10.7. The first kappa shape index (κ1) is 26.6. The maximum atomic E-state index is 14.1. The van der Waals surface area contributed by atoms with Crippen LogP contribution in [0.2, 0.25) is 0 Å². The second-order valence-corrected chi connectivity index (χ2v) is 10.4. The molecule has 1 aliphatic carbocycles. The Hall–Kier alpha value is -2.96. The van der Waals surface area contributed by atoms with Crippen LogP contribution in [0.4, 0.5) is 23.8 Å². The van der Waals surface area contributed by atoms with Gasteiger partial charge in [-0.3, -0.25) is 14.8 Å². The number of amides is 2. The van der Waals surface area contributed by atoms with Gasteiger partial charge in [0, 0.05) is 51.5 Å². The van der Waals surface area contributed by atoms with Gasteiger partial charge in [-0.05, 0) is 60.9 Å². The molecule has 2 amide bonds. The Morgan fingerprint density at radius 1 is 1.21 bits per heavy atom. The number of aromatic nitrogens is 2. The Kier molecular flexibility index (Phi) is 7.47. The van der Waals surface area contributed by atoms with Crippen LogP contribution in [0.5, 0.6) is 0 Å². The first-order valence-electron chi connectivity index (χ1n) is 13.2. The van der Waals surface area contributed by atoms with Gasteiger partial charge in [0.1, 0.15) is 5.82 Å². The molecule has 4 N–H and O–H groups in total. The number of benzene rings is 1. The summed E-state index contributed by atoms with van der Waals surface area (Å²) in [4.78, 5) is 32.9. The van der Waals surface area contributed by atoms with E-state index in [1.165, 1.54) is 24.4 Å². The molecule has 1 aromatic heterocycles. The fourth-order valence-corrected chi connectivity index (χ4v) is 6.00. The molecule has 1 aromatic carbocycles. The van der Waals surface area contributed by atoms with Crippen molar-refractivity contribution in [3.8, 4) is 5.69 Å². The number of hydrogen-bond acceptors (Lipinski definition) is 6. The van der Waals surface area contributed by atoms with Crippen LogP contribution in [0.15, 0.2) is 35.3 Å². The molecule has 2 aliphatic heterocycles. The number of likely N-dealkylation sites (tertiary alicyclic amines) is 1. The number of urea groups is 1. The average Bonchev–Trinajstić information content (AvgIpc) is 3.37. The van der Waals surface area contributed by atoms with Gasteiger partial charge < -0.3 is 16.0 Å². The number of nitrogens with two attached hydrogens (primary N) is 1. The van der Waals surface area contributed by atoms with E-state index in [2.05, 4.69) is 20.5 Å². The summed E-state index contributed by atoms with van der Waals surface area (Å²) >= 11 is 0. The fourth-order valence-electron chi connectivity index (χ4n) is 6.00. The highest BCUT2D eigenvalue weighted by molar-refractivity contribution is 5.88. The van der Waals surface area contributed by atoms with Crippen molar-refractivity contribution in [3.05, 3.63) is 52.1 Å². The minimum absolute atomic E-state index is 0.0103. The van der Waals surface area contributed by atoms with Gasteiger partial charge in [0.15, 0.2) is 0 Å². The monoisotopic (exact) mass is 533 g/mol. The molecule has 2 saturated heterocycles. The molecule has 3 atom stereocenters. The number of nitrogens with one attached hydrogen (secondary N) is 2. The molecule has 0 radical (unpaired) electrons. The number of carbonyl (C=O) groups excluding carboxylic acids is 1. The van der Waals surface area contributed by atoms with E-state index in [0.717, 1.165) is 30.1 Å². The Labute approximate surface area is 219 Å². The van der Waals surface area contributed by atoms with Crippen LogP contribution in [0.1, 0.15) is 24.5 Å². The molecule has 5 rings (SSSR count). The molecule has 38 heavy (non-hydrogen) atoms. The minimum atomic E-state index is -4.57. The molecular weight excluding hydrogens is 499 g/mol.